The van der Waals surface area contributed by atoms with Gasteiger partial charge in [0.2, 0.25) is 0 Å². The molecular formula is C20H23N3O3. The van der Waals surface area contributed by atoms with Crippen LogP contribution in [-0.2, 0) is 0 Å². The average Bonchev–Trinajstić information content (AvgIpc) is 2.69. The fraction of sp³-hybridized carbons (Fsp3) is 0.300. The molecule has 6 nitrogen and oxygen atoms in total. The van der Waals surface area contributed by atoms with Gasteiger partial charge in [-0.15, -0.1) is 0 Å². The number of carbonyl (C=O) groups excluding carboxylic acids is 2. The van der Waals surface area contributed by atoms with Crippen LogP contribution in [0, 0.1) is 0 Å². The first-order valence-corrected chi connectivity index (χ1v) is 8.80. The van der Waals surface area contributed by atoms with Crippen LogP contribution >= 0.6 is 0 Å². The minimum absolute atomic E-state index is 0.0174. The Labute approximate surface area is 153 Å². The van der Waals surface area contributed by atoms with Crippen LogP contribution in [0.4, 0.5) is 10.5 Å². The van der Waals surface area contributed by atoms with Crippen molar-refractivity contribution in [1.82, 2.24) is 9.80 Å². The normalized spacial score (nSPS) is 14.0. The van der Waals surface area contributed by atoms with E-state index in [1.165, 1.54) is 0 Å². The first-order chi connectivity index (χ1) is 12.7. The summed E-state index contributed by atoms with van der Waals surface area (Å²) >= 11 is 0. The Balaban J connectivity index is 1.52. The van der Waals surface area contributed by atoms with E-state index >= 15 is 0 Å². The molecule has 3 rings (SSSR count). The van der Waals surface area contributed by atoms with Crippen LogP contribution in [0.2, 0.25) is 0 Å². The van der Waals surface area contributed by atoms with E-state index in [1.54, 1.807) is 34.1 Å². The average molecular weight is 353 g/mol. The molecule has 136 valence electrons. The van der Waals surface area contributed by atoms with Gasteiger partial charge in [0.05, 0.1) is 6.61 Å². The van der Waals surface area contributed by atoms with Crippen molar-refractivity contribution in [2.45, 2.75) is 6.92 Å². The van der Waals surface area contributed by atoms with Gasteiger partial charge in [0, 0.05) is 37.4 Å². The summed E-state index contributed by atoms with van der Waals surface area (Å²) in [6.07, 6.45) is 0. The molecule has 1 N–H and O–H groups in total. The molecule has 26 heavy (non-hydrogen) atoms. The van der Waals surface area contributed by atoms with Gasteiger partial charge in [0.25, 0.3) is 5.91 Å². The summed E-state index contributed by atoms with van der Waals surface area (Å²) in [5.41, 5.74) is 1.40. The number of urea groups is 1. The Bertz CT molecular complexity index is 739. The molecule has 1 aliphatic rings. The molecule has 0 radical (unpaired) electrons. The number of para-hydroxylation sites is 1. The monoisotopic (exact) mass is 353 g/mol. The van der Waals surface area contributed by atoms with E-state index in [4.69, 9.17) is 4.74 Å². The Hall–Kier alpha value is -3.02. The van der Waals surface area contributed by atoms with E-state index in [-0.39, 0.29) is 11.9 Å². The topological polar surface area (TPSA) is 61.9 Å². The predicted octanol–water partition coefficient (Wildman–Crippen LogP) is 3.08. The number of carbonyl (C=O) groups is 2. The number of hydrogen-bond acceptors (Lipinski definition) is 3. The second-order valence-electron chi connectivity index (χ2n) is 6.03. The number of rotatable bonds is 4. The van der Waals surface area contributed by atoms with E-state index in [1.807, 2.05) is 37.3 Å². The summed E-state index contributed by atoms with van der Waals surface area (Å²) in [7, 11) is 0. The third kappa shape index (κ3) is 4.33. The van der Waals surface area contributed by atoms with Crippen LogP contribution in [-0.4, -0.2) is 54.5 Å². The number of anilines is 1. The van der Waals surface area contributed by atoms with Gasteiger partial charge >= 0.3 is 6.03 Å². The van der Waals surface area contributed by atoms with Crippen molar-refractivity contribution >= 4 is 17.6 Å². The maximum absolute atomic E-state index is 12.6. The molecule has 0 unspecified atom stereocenters. The van der Waals surface area contributed by atoms with Crippen molar-refractivity contribution in [3.8, 4) is 5.75 Å². The standard InChI is InChI=1S/C20H23N3O3/c1-2-26-18-10-8-16(9-11-18)19(24)22-12-14-23(15-13-22)20(25)21-17-6-4-3-5-7-17/h3-11H,2,12-15H2,1H3,(H,21,25). The van der Waals surface area contributed by atoms with Gasteiger partial charge in [-0.2, -0.15) is 0 Å². The molecule has 2 aromatic carbocycles. The molecule has 0 aliphatic carbocycles. The van der Waals surface area contributed by atoms with Gasteiger partial charge in [-0.05, 0) is 43.3 Å². The number of piperazine rings is 1. The number of benzene rings is 2. The molecule has 6 heteroatoms. The lowest BCUT2D eigenvalue weighted by Crippen LogP contribution is -2.51. The highest BCUT2D eigenvalue weighted by Gasteiger charge is 2.24. The van der Waals surface area contributed by atoms with E-state index in [2.05, 4.69) is 5.32 Å². The molecule has 0 aromatic heterocycles. The Kier molecular flexibility index (Phi) is 5.73. The van der Waals surface area contributed by atoms with Crippen LogP contribution in [0.25, 0.3) is 0 Å². The SMILES string of the molecule is CCOc1ccc(C(=O)N2CCN(C(=O)Nc3ccccc3)CC2)cc1. The van der Waals surface area contributed by atoms with Gasteiger partial charge in [-0.1, -0.05) is 18.2 Å². The van der Waals surface area contributed by atoms with Crippen LogP contribution in [0.3, 0.4) is 0 Å². The lowest BCUT2D eigenvalue weighted by Gasteiger charge is -2.34. The minimum atomic E-state index is -0.135. The van der Waals surface area contributed by atoms with Crippen molar-refractivity contribution in [1.29, 1.82) is 0 Å². The van der Waals surface area contributed by atoms with Crippen molar-refractivity contribution in [2.24, 2.45) is 0 Å². The highest BCUT2D eigenvalue weighted by atomic mass is 16.5. The lowest BCUT2D eigenvalue weighted by molar-refractivity contribution is 0.0671. The summed E-state index contributed by atoms with van der Waals surface area (Å²) in [5.74, 6) is 0.739. The highest BCUT2D eigenvalue weighted by Crippen LogP contribution is 2.15. The number of nitrogens with one attached hydrogen (secondary N) is 1. The zero-order chi connectivity index (χ0) is 18.4. The molecule has 3 amide bonds. The summed E-state index contributed by atoms with van der Waals surface area (Å²) in [6, 6.07) is 16.4. The van der Waals surface area contributed by atoms with E-state index in [9.17, 15) is 9.59 Å². The van der Waals surface area contributed by atoms with Gasteiger partial charge < -0.3 is 19.9 Å². The first kappa shape index (κ1) is 17.8. The Morgan fingerprint density at radius 1 is 0.923 bits per heavy atom. The molecular weight excluding hydrogens is 330 g/mol. The largest absolute Gasteiger partial charge is 0.494 e. The van der Waals surface area contributed by atoms with Crippen LogP contribution in [0.5, 0.6) is 5.75 Å². The molecule has 0 saturated carbocycles. The first-order valence-electron chi connectivity index (χ1n) is 8.80. The zero-order valence-corrected chi connectivity index (χ0v) is 14.9. The van der Waals surface area contributed by atoms with Gasteiger partial charge in [-0.25, -0.2) is 4.79 Å². The molecule has 0 atom stereocenters. The molecule has 0 spiro atoms. The Morgan fingerprint density at radius 3 is 2.15 bits per heavy atom. The van der Waals surface area contributed by atoms with Crippen LogP contribution < -0.4 is 10.1 Å². The second-order valence-corrected chi connectivity index (χ2v) is 6.03. The van der Waals surface area contributed by atoms with E-state index < -0.39 is 0 Å². The summed E-state index contributed by atoms with van der Waals surface area (Å²) in [6.45, 7) is 4.60. The molecule has 1 aliphatic heterocycles. The molecule has 0 bridgehead atoms. The van der Waals surface area contributed by atoms with Gasteiger partial charge in [-0.3, -0.25) is 4.79 Å². The van der Waals surface area contributed by atoms with Crippen LogP contribution in [0.15, 0.2) is 54.6 Å². The van der Waals surface area contributed by atoms with Crippen LogP contribution in [0.1, 0.15) is 17.3 Å². The lowest BCUT2D eigenvalue weighted by atomic mass is 10.1. The minimum Gasteiger partial charge on any atom is -0.494 e. The molecule has 1 saturated heterocycles. The number of amides is 3. The van der Waals surface area contributed by atoms with Crippen molar-refractivity contribution in [3.05, 3.63) is 60.2 Å². The fourth-order valence-electron chi connectivity index (χ4n) is 2.88. The van der Waals surface area contributed by atoms with Crippen molar-refractivity contribution in [3.63, 3.8) is 0 Å². The summed E-state index contributed by atoms with van der Waals surface area (Å²) in [4.78, 5) is 28.4. The maximum Gasteiger partial charge on any atom is 0.321 e. The summed E-state index contributed by atoms with van der Waals surface area (Å²) < 4.78 is 5.40. The van der Waals surface area contributed by atoms with Gasteiger partial charge in [0.15, 0.2) is 0 Å². The second kappa shape index (κ2) is 8.38. The quantitative estimate of drug-likeness (QED) is 0.919. The Morgan fingerprint density at radius 2 is 1.54 bits per heavy atom. The molecule has 1 fully saturated rings. The third-order valence-electron chi connectivity index (χ3n) is 4.29. The third-order valence-corrected chi connectivity index (χ3v) is 4.29. The molecule has 1 heterocycles. The van der Waals surface area contributed by atoms with Gasteiger partial charge in [0.1, 0.15) is 5.75 Å². The summed E-state index contributed by atoms with van der Waals surface area (Å²) in [5, 5.41) is 2.88. The van der Waals surface area contributed by atoms with E-state index in [0.717, 1.165) is 11.4 Å². The van der Waals surface area contributed by atoms with Crippen molar-refractivity contribution < 1.29 is 14.3 Å². The fourth-order valence-corrected chi connectivity index (χ4v) is 2.88. The smallest absolute Gasteiger partial charge is 0.321 e. The number of ether oxygens (including phenoxy) is 1. The maximum atomic E-state index is 12.6. The highest BCUT2D eigenvalue weighted by molar-refractivity contribution is 5.95. The number of hydrogen-bond donors (Lipinski definition) is 1. The molecule has 2 aromatic rings. The zero-order valence-electron chi connectivity index (χ0n) is 14.9. The number of nitrogens with zero attached hydrogens (tertiary/aromatic N) is 2. The van der Waals surface area contributed by atoms with Crippen molar-refractivity contribution in [2.75, 3.05) is 38.1 Å². The van der Waals surface area contributed by atoms with E-state index in [0.29, 0.717) is 38.3 Å². The predicted molar refractivity (Wildman–Crippen MR) is 101 cm³/mol.